The van der Waals surface area contributed by atoms with Crippen LogP contribution in [0.3, 0.4) is 0 Å². The van der Waals surface area contributed by atoms with Gasteiger partial charge in [0.1, 0.15) is 0 Å². The average molecular weight is 283 g/mol. The van der Waals surface area contributed by atoms with Crippen LogP contribution in [0.4, 0.5) is 0 Å². The summed E-state index contributed by atoms with van der Waals surface area (Å²) in [5.74, 6) is 0.0128. The quantitative estimate of drug-likeness (QED) is 0.641. The molecule has 0 aromatic heterocycles. The molecule has 5 nitrogen and oxygen atoms in total. The molecular weight excluding hydrogens is 254 g/mol. The molecule has 0 bridgehead atoms. The fourth-order valence-corrected chi connectivity index (χ4v) is 2.61. The number of amides is 2. The first-order chi connectivity index (χ1) is 9.45. The second-order valence-corrected chi connectivity index (χ2v) is 6.32. The van der Waals surface area contributed by atoms with Gasteiger partial charge in [0.25, 0.3) is 0 Å². The van der Waals surface area contributed by atoms with Crippen LogP contribution in [0.5, 0.6) is 0 Å². The van der Waals surface area contributed by atoms with Crippen LogP contribution in [-0.4, -0.2) is 38.0 Å². The fraction of sp³-hybridized carbons (Fsp3) is 0.867. The summed E-state index contributed by atoms with van der Waals surface area (Å²) in [6.07, 6.45) is 7.17. The summed E-state index contributed by atoms with van der Waals surface area (Å²) in [6, 6.07) is 0.332. The van der Waals surface area contributed by atoms with Crippen molar-refractivity contribution in [2.75, 3.05) is 20.1 Å². The van der Waals surface area contributed by atoms with Crippen molar-refractivity contribution in [1.29, 1.82) is 0 Å². The van der Waals surface area contributed by atoms with Crippen LogP contribution < -0.4 is 16.0 Å². The Balaban J connectivity index is 2.24. The highest BCUT2D eigenvalue weighted by Crippen LogP contribution is 2.17. The monoisotopic (exact) mass is 283 g/mol. The minimum Gasteiger partial charge on any atom is -0.359 e. The van der Waals surface area contributed by atoms with Crippen molar-refractivity contribution in [3.63, 3.8) is 0 Å². The number of hydrogen-bond donors (Lipinski definition) is 3. The van der Waals surface area contributed by atoms with Gasteiger partial charge < -0.3 is 16.0 Å². The molecule has 3 N–H and O–H groups in total. The van der Waals surface area contributed by atoms with E-state index in [-0.39, 0.29) is 18.4 Å². The lowest BCUT2D eigenvalue weighted by Crippen LogP contribution is -2.46. The Morgan fingerprint density at radius 1 is 1.10 bits per heavy atom. The van der Waals surface area contributed by atoms with Crippen LogP contribution in [-0.2, 0) is 9.59 Å². The fourth-order valence-electron chi connectivity index (χ4n) is 2.61. The van der Waals surface area contributed by atoms with Gasteiger partial charge in [-0.1, -0.05) is 25.7 Å². The van der Waals surface area contributed by atoms with Gasteiger partial charge >= 0.3 is 0 Å². The maximum absolute atomic E-state index is 11.9. The zero-order valence-corrected chi connectivity index (χ0v) is 13.1. The predicted molar refractivity (Wildman–Crippen MR) is 80.4 cm³/mol. The van der Waals surface area contributed by atoms with Gasteiger partial charge in [-0.25, -0.2) is 0 Å². The van der Waals surface area contributed by atoms with Gasteiger partial charge in [-0.15, -0.1) is 0 Å². The van der Waals surface area contributed by atoms with Crippen LogP contribution in [0.25, 0.3) is 0 Å². The van der Waals surface area contributed by atoms with Crippen LogP contribution in [0, 0.1) is 5.41 Å². The average Bonchev–Trinajstić information content (AvgIpc) is 2.66. The number of carbonyl (C=O) groups is 2. The van der Waals surface area contributed by atoms with E-state index in [4.69, 9.17) is 0 Å². The summed E-state index contributed by atoms with van der Waals surface area (Å²) in [4.78, 5) is 23.5. The van der Waals surface area contributed by atoms with E-state index in [1.165, 1.54) is 25.7 Å². The Morgan fingerprint density at radius 2 is 1.70 bits per heavy atom. The lowest BCUT2D eigenvalue weighted by atomic mass is 9.92. The highest BCUT2D eigenvalue weighted by Gasteiger charge is 2.26. The lowest BCUT2D eigenvalue weighted by Gasteiger charge is -2.23. The van der Waals surface area contributed by atoms with Gasteiger partial charge in [-0.2, -0.15) is 0 Å². The molecule has 5 heteroatoms. The molecule has 1 aliphatic carbocycles. The first kappa shape index (κ1) is 17.0. The third-order valence-electron chi connectivity index (χ3n) is 3.91. The minimum atomic E-state index is -0.503. The number of nitrogens with one attached hydrogen (secondary N) is 3. The third-order valence-corrected chi connectivity index (χ3v) is 3.91. The summed E-state index contributed by atoms with van der Waals surface area (Å²) in [5, 5.41) is 8.80. The molecule has 0 unspecified atom stereocenters. The van der Waals surface area contributed by atoms with Crippen molar-refractivity contribution >= 4 is 11.8 Å². The molecule has 0 saturated heterocycles. The van der Waals surface area contributed by atoms with E-state index in [0.29, 0.717) is 12.6 Å². The Hall–Kier alpha value is -1.10. The first-order valence-electron chi connectivity index (χ1n) is 7.68. The van der Waals surface area contributed by atoms with Gasteiger partial charge in [0, 0.05) is 19.6 Å². The van der Waals surface area contributed by atoms with E-state index in [2.05, 4.69) is 16.0 Å². The van der Waals surface area contributed by atoms with Gasteiger partial charge in [0.15, 0.2) is 0 Å². The molecule has 1 rings (SSSR count). The van der Waals surface area contributed by atoms with Crippen molar-refractivity contribution in [2.45, 2.75) is 58.4 Å². The highest BCUT2D eigenvalue weighted by molar-refractivity contribution is 5.82. The molecule has 0 aliphatic heterocycles. The number of carbonyl (C=O) groups excluding carboxylic acids is 2. The summed E-state index contributed by atoms with van der Waals surface area (Å²) >= 11 is 0. The summed E-state index contributed by atoms with van der Waals surface area (Å²) in [6.45, 7) is 4.49. The van der Waals surface area contributed by atoms with Crippen molar-refractivity contribution in [3.05, 3.63) is 0 Å². The number of rotatable bonds is 6. The van der Waals surface area contributed by atoms with Gasteiger partial charge in [-0.05, 0) is 26.7 Å². The molecule has 0 radical (unpaired) electrons. The van der Waals surface area contributed by atoms with Crippen LogP contribution >= 0.6 is 0 Å². The van der Waals surface area contributed by atoms with E-state index in [9.17, 15) is 9.59 Å². The molecule has 0 spiro atoms. The standard InChI is InChI=1S/C15H29N3O2/c1-15(2,14(20)16-3)11-17-10-13(19)18-12-8-6-4-5-7-9-12/h12,17H,4-11H2,1-3H3,(H,16,20)(H,18,19). The van der Waals surface area contributed by atoms with E-state index < -0.39 is 5.41 Å². The normalized spacial score (nSPS) is 17.4. The first-order valence-corrected chi connectivity index (χ1v) is 7.68. The summed E-state index contributed by atoms with van der Waals surface area (Å²) < 4.78 is 0. The highest BCUT2D eigenvalue weighted by atomic mass is 16.2. The Morgan fingerprint density at radius 3 is 2.25 bits per heavy atom. The smallest absolute Gasteiger partial charge is 0.234 e. The van der Waals surface area contributed by atoms with E-state index >= 15 is 0 Å². The Bertz CT molecular complexity index is 321. The molecule has 0 atom stereocenters. The molecule has 20 heavy (non-hydrogen) atoms. The van der Waals surface area contributed by atoms with Gasteiger partial charge in [-0.3, -0.25) is 9.59 Å². The van der Waals surface area contributed by atoms with Crippen molar-refractivity contribution in [3.8, 4) is 0 Å². The second-order valence-electron chi connectivity index (χ2n) is 6.32. The maximum Gasteiger partial charge on any atom is 0.234 e. The Kier molecular flexibility index (Phi) is 6.99. The maximum atomic E-state index is 11.9. The molecule has 1 saturated carbocycles. The molecule has 0 aromatic rings. The molecule has 116 valence electrons. The van der Waals surface area contributed by atoms with Gasteiger partial charge in [0.05, 0.1) is 12.0 Å². The Labute approximate surface area is 122 Å². The molecule has 2 amide bonds. The zero-order valence-electron chi connectivity index (χ0n) is 13.1. The number of hydrogen-bond acceptors (Lipinski definition) is 3. The molecule has 0 aromatic carbocycles. The third kappa shape index (κ3) is 5.90. The molecule has 0 heterocycles. The van der Waals surface area contributed by atoms with Crippen molar-refractivity contribution in [1.82, 2.24) is 16.0 Å². The van der Waals surface area contributed by atoms with Gasteiger partial charge in [0.2, 0.25) is 11.8 Å². The van der Waals surface area contributed by atoms with Crippen molar-refractivity contribution < 1.29 is 9.59 Å². The minimum absolute atomic E-state index is 0.0193. The van der Waals surface area contributed by atoms with Crippen LogP contribution in [0.2, 0.25) is 0 Å². The molecule has 1 fully saturated rings. The summed E-state index contributed by atoms with van der Waals surface area (Å²) in [7, 11) is 1.63. The van der Waals surface area contributed by atoms with E-state index in [1.807, 2.05) is 13.8 Å². The van der Waals surface area contributed by atoms with Crippen LogP contribution in [0.1, 0.15) is 52.4 Å². The molecular formula is C15H29N3O2. The zero-order chi connectivity index (χ0) is 15.0. The lowest BCUT2D eigenvalue weighted by molar-refractivity contribution is -0.129. The topological polar surface area (TPSA) is 70.2 Å². The van der Waals surface area contributed by atoms with Crippen molar-refractivity contribution in [2.24, 2.45) is 5.41 Å². The second kappa shape index (κ2) is 8.25. The predicted octanol–water partition coefficient (Wildman–Crippen LogP) is 1.19. The van der Waals surface area contributed by atoms with E-state index in [0.717, 1.165) is 12.8 Å². The van der Waals surface area contributed by atoms with E-state index in [1.54, 1.807) is 7.05 Å². The largest absolute Gasteiger partial charge is 0.359 e. The SMILES string of the molecule is CNC(=O)C(C)(C)CNCC(=O)NC1CCCCCC1. The molecule has 1 aliphatic rings. The van der Waals surface area contributed by atoms with Crippen LogP contribution in [0.15, 0.2) is 0 Å². The summed E-state index contributed by atoms with van der Waals surface area (Å²) in [5.41, 5.74) is -0.503.